The van der Waals surface area contributed by atoms with Gasteiger partial charge in [0.1, 0.15) is 0 Å². The fourth-order valence-corrected chi connectivity index (χ4v) is 6.32. The molecule has 1 aromatic heterocycles. The van der Waals surface area contributed by atoms with Crippen molar-refractivity contribution in [1.82, 2.24) is 8.87 Å². The van der Waals surface area contributed by atoms with Gasteiger partial charge in [0, 0.05) is 30.8 Å². The lowest BCUT2D eigenvalue weighted by molar-refractivity contribution is -0.138. The van der Waals surface area contributed by atoms with E-state index in [2.05, 4.69) is 0 Å². The fourth-order valence-electron chi connectivity index (χ4n) is 4.39. The van der Waals surface area contributed by atoms with Crippen molar-refractivity contribution in [1.29, 1.82) is 0 Å². The van der Waals surface area contributed by atoms with E-state index in [0.717, 1.165) is 30.2 Å². The summed E-state index contributed by atoms with van der Waals surface area (Å²) in [6.45, 7) is 0. The summed E-state index contributed by atoms with van der Waals surface area (Å²) in [6.07, 6.45) is 4.31. The number of carboxylic acid groups (broad SMARTS) is 1. The van der Waals surface area contributed by atoms with Crippen molar-refractivity contribution in [3.63, 3.8) is 0 Å². The number of rotatable bonds is 4. The normalized spacial score (nSPS) is 27.1. The molecule has 1 saturated heterocycles. The van der Waals surface area contributed by atoms with E-state index in [1.807, 2.05) is 29.9 Å². The molecular weight excluding hydrogens is 328 g/mol. The van der Waals surface area contributed by atoms with Crippen LogP contribution in [0.1, 0.15) is 25.7 Å². The SMILES string of the molecule is Cn1ccc2ccc(S(=O)(=O)N3[C@@H]4CC[C@@H](C4)[C@H]3CC(=O)O)cc21. The van der Waals surface area contributed by atoms with E-state index >= 15 is 0 Å². The molecule has 0 radical (unpaired) electrons. The van der Waals surface area contributed by atoms with E-state index in [1.54, 1.807) is 12.1 Å². The molecular formula is C17H20N2O4S. The van der Waals surface area contributed by atoms with Gasteiger partial charge in [0.15, 0.2) is 0 Å². The highest BCUT2D eigenvalue weighted by Gasteiger charge is 2.51. The van der Waals surface area contributed by atoms with Crippen molar-refractivity contribution >= 4 is 26.9 Å². The van der Waals surface area contributed by atoms with Gasteiger partial charge in [-0.05, 0) is 48.8 Å². The van der Waals surface area contributed by atoms with Crippen molar-refractivity contribution < 1.29 is 18.3 Å². The zero-order chi connectivity index (χ0) is 17.1. The molecule has 4 rings (SSSR count). The molecule has 0 unspecified atom stereocenters. The topological polar surface area (TPSA) is 79.6 Å². The third-order valence-corrected chi connectivity index (χ3v) is 7.47. The monoisotopic (exact) mass is 348 g/mol. The lowest BCUT2D eigenvalue weighted by Gasteiger charge is -2.33. The predicted octanol–water partition coefficient (Wildman–Crippen LogP) is 2.19. The Labute approximate surface area is 140 Å². The number of hydrogen-bond acceptors (Lipinski definition) is 3. The van der Waals surface area contributed by atoms with Crippen LogP contribution in [0.3, 0.4) is 0 Å². The van der Waals surface area contributed by atoms with Crippen LogP contribution in [0, 0.1) is 5.92 Å². The zero-order valence-corrected chi connectivity index (χ0v) is 14.2. The first-order valence-electron chi connectivity index (χ1n) is 8.18. The second-order valence-corrected chi connectivity index (χ2v) is 8.72. The Morgan fingerprint density at radius 2 is 2.08 bits per heavy atom. The summed E-state index contributed by atoms with van der Waals surface area (Å²) < 4.78 is 29.8. The standard InChI is InChI=1S/C17H20N2O4S/c1-18-7-6-11-3-5-14(9-15(11)18)24(22,23)19-13-4-2-12(8-13)16(19)10-17(20)21/h3,5-7,9,12-13,16H,2,4,8,10H2,1H3,(H,20,21)/t12-,13+,16+/m0/s1. The number of benzene rings is 1. The van der Waals surface area contributed by atoms with Gasteiger partial charge in [0.2, 0.25) is 10.0 Å². The molecule has 2 bridgehead atoms. The van der Waals surface area contributed by atoms with E-state index in [-0.39, 0.29) is 23.3 Å². The number of aliphatic carboxylic acids is 1. The Kier molecular flexibility index (Phi) is 3.47. The predicted molar refractivity (Wildman–Crippen MR) is 89.1 cm³/mol. The van der Waals surface area contributed by atoms with Crippen LogP contribution in [0.15, 0.2) is 35.4 Å². The Morgan fingerprint density at radius 1 is 1.29 bits per heavy atom. The van der Waals surface area contributed by atoms with Crippen LogP contribution in [-0.4, -0.2) is 40.4 Å². The van der Waals surface area contributed by atoms with E-state index in [9.17, 15) is 18.3 Å². The molecule has 128 valence electrons. The van der Waals surface area contributed by atoms with Gasteiger partial charge in [0.25, 0.3) is 0 Å². The van der Waals surface area contributed by atoms with Gasteiger partial charge in [-0.15, -0.1) is 0 Å². The smallest absolute Gasteiger partial charge is 0.304 e. The summed E-state index contributed by atoms with van der Waals surface area (Å²) in [6, 6.07) is 6.58. The Bertz CT molecular complexity index is 918. The van der Waals surface area contributed by atoms with Gasteiger partial charge in [-0.3, -0.25) is 4.79 Å². The lowest BCUT2D eigenvalue weighted by atomic mass is 9.97. The van der Waals surface area contributed by atoms with Gasteiger partial charge in [-0.2, -0.15) is 4.31 Å². The van der Waals surface area contributed by atoms with Crippen molar-refractivity contribution in [2.45, 2.75) is 42.7 Å². The second kappa shape index (κ2) is 5.32. The molecule has 2 aliphatic rings. The molecule has 6 nitrogen and oxygen atoms in total. The van der Waals surface area contributed by atoms with Crippen LogP contribution in [0.4, 0.5) is 0 Å². The summed E-state index contributed by atoms with van der Waals surface area (Å²) in [5.41, 5.74) is 0.857. The second-order valence-electron chi connectivity index (χ2n) is 6.87. The summed E-state index contributed by atoms with van der Waals surface area (Å²) >= 11 is 0. The molecule has 24 heavy (non-hydrogen) atoms. The highest BCUT2D eigenvalue weighted by atomic mass is 32.2. The highest BCUT2D eigenvalue weighted by molar-refractivity contribution is 7.89. The number of sulfonamides is 1. The first kappa shape index (κ1) is 15.7. The number of fused-ring (bicyclic) bond motifs is 3. The van der Waals surface area contributed by atoms with Crippen molar-refractivity contribution in [2.24, 2.45) is 13.0 Å². The average Bonchev–Trinajstić information content (AvgIpc) is 3.21. The third-order valence-electron chi connectivity index (χ3n) is 5.50. The molecule has 2 fully saturated rings. The van der Waals surface area contributed by atoms with Gasteiger partial charge in [-0.25, -0.2) is 8.42 Å². The summed E-state index contributed by atoms with van der Waals surface area (Å²) in [5, 5.41) is 10.2. The third kappa shape index (κ3) is 2.26. The Balaban J connectivity index is 1.77. The molecule has 1 saturated carbocycles. The molecule has 1 N–H and O–H groups in total. The Hall–Kier alpha value is -1.86. The molecule has 7 heteroatoms. The maximum Gasteiger partial charge on any atom is 0.304 e. The van der Waals surface area contributed by atoms with E-state index < -0.39 is 22.0 Å². The van der Waals surface area contributed by atoms with Crippen LogP contribution in [-0.2, 0) is 21.9 Å². The van der Waals surface area contributed by atoms with E-state index in [1.165, 1.54) is 4.31 Å². The quantitative estimate of drug-likeness (QED) is 0.918. The van der Waals surface area contributed by atoms with Gasteiger partial charge in [0.05, 0.1) is 11.3 Å². The molecule has 2 aromatic rings. The molecule has 0 amide bonds. The molecule has 1 aliphatic carbocycles. The minimum Gasteiger partial charge on any atom is -0.481 e. The molecule has 0 spiro atoms. The largest absolute Gasteiger partial charge is 0.481 e. The summed E-state index contributed by atoms with van der Waals surface area (Å²) in [4.78, 5) is 11.5. The van der Waals surface area contributed by atoms with Crippen LogP contribution >= 0.6 is 0 Å². The van der Waals surface area contributed by atoms with Crippen molar-refractivity contribution in [2.75, 3.05) is 0 Å². The number of nitrogens with zero attached hydrogens (tertiary/aromatic N) is 2. The zero-order valence-electron chi connectivity index (χ0n) is 13.4. The minimum absolute atomic E-state index is 0.0616. The highest BCUT2D eigenvalue weighted by Crippen LogP contribution is 2.46. The summed E-state index contributed by atoms with van der Waals surface area (Å²) in [7, 11) is -1.82. The maximum atomic E-state index is 13.2. The lowest BCUT2D eigenvalue weighted by Crippen LogP contribution is -2.45. The van der Waals surface area contributed by atoms with Crippen LogP contribution < -0.4 is 0 Å². The number of piperidine rings is 1. The number of carboxylic acids is 1. The van der Waals surface area contributed by atoms with Gasteiger partial charge < -0.3 is 9.67 Å². The van der Waals surface area contributed by atoms with Crippen LogP contribution in [0.25, 0.3) is 10.9 Å². The molecule has 1 aromatic carbocycles. The van der Waals surface area contributed by atoms with E-state index in [4.69, 9.17) is 0 Å². The maximum absolute atomic E-state index is 13.2. The van der Waals surface area contributed by atoms with Crippen LogP contribution in [0.5, 0.6) is 0 Å². The summed E-state index contributed by atoms with van der Waals surface area (Å²) in [5.74, 6) is -0.773. The number of aromatic nitrogens is 1. The van der Waals surface area contributed by atoms with E-state index in [0.29, 0.717) is 0 Å². The fraction of sp³-hybridized carbons (Fsp3) is 0.471. The van der Waals surface area contributed by atoms with Crippen molar-refractivity contribution in [3.8, 4) is 0 Å². The molecule has 3 atom stereocenters. The minimum atomic E-state index is -3.69. The number of carbonyl (C=O) groups is 1. The van der Waals surface area contributed by atoms with Crippen LogP contribution in [0.2, 0.25) is 0 Å². The van der Waals surface area contributed by atoms with Gasteiger partial charge >= 0.3 is 5.97 Å². The number of aryl methyl sites for hydroxylation is 1. The van der Waals surface area contributed by atoms with Crippen molar-refractivity contribution in [3.05, 3.63) is 30.5 Å². The first-order valence-corrected chi connectivity index (χ1v) is 9.62. The average molecular weight is 348 g/mol. The number of hydrogen-bond donors (Lipinski definition) is 1. The Morgan fingerprint density at radius 3 is 2.83 bits per heavy atom. The first-order chi connectivity index (χ1) is 11.4. The molecule has 1 aliphatic heterocycles. The van der Waals surface area contributed by atoms with Gasteiger partial charge in [-0.1, -0.05) is 6.07 Å². The molecule has 2 heterocycles.